The maximum absolute atomic E-state index is 12.4. The van der Waals surface area contributed by atoms with E-state index in [1.165, 1.54) is 0 Å². The van der Waals surface area contributed by atoms with Gasteiger partial charge in [-0.15, -0.1) is 0 Å². The Morgan fingerprint density at radius 3 is 2.72 bits per heavy atom. The van der Waals surface area contributed by atoms with Crippen LogP contribution < -0.4 is 10.1 Å². The van der Waals surface area contributed by atoms with Crippen molar-refractivity contribution in [3.8, 4) is 5.75 Å². The Balaban J connectivity index is 1.65. The summed E-state index contributed by atoms with van der Waals surface area (Å²) in [6, 6.07) is 15.1. The van der Waals surface area contributed by atoms with Gasteiger partial charge >= 0.3 is 0 Å². The number of ether oxygens (including phenoxy) is 1. The Bertz CT molecular complexity index is 740. The number of aliphatic hydroxyl groups excluding tert-OH is 1. The van der Waals surface area contributed by atoms with Crippen LogP contribution >= 0.6 is 0 Å². The van der Waals surface area contributed by atoms with Gasteiger partial charge in [0.05, 0.1) is 19.1 Å². The van der Waals surface area contributed by atoms with Crippen molar-refractivity contribution >= 4 is 5.91 Å². The highest BCUT2D eigenvalue weighted by molar-refractivity contribution is 5.79. The molecule has 4 nitrogen and oxygen atoms in total. The minimum Gasteiger partial charge on any atom is -0.488 e. The predicted molar refractivity (Wildman–Crippen MR) is 97.6 cm³/mol. The van der Waals surface area contributed by atoms with Crippen LogP contribution in [0, 0.1) is 0 Å². The Morgan fingerprint density at radius 1 is 1.24 bits per heavy atom. The van der Waals surface area contributed by atoms with E-state index in [-0.39, 0.29) is 24.2 Å². The van der Waals surface area contributed by atoms with Crippen molar-refractivity contribution in [1.82, 2.24) is 5.32 Å². The van der Waals surface area contributed by atoms with Crippen LogP contribution in [-0.4, -0.2) is 23.2 Å². The van der Waals surface area contributed by atoms with Gasteiger partial charge in [0.15, 0.2) is 0 Å². The molecule has 1 amide bonds. The third-order valence-electron chi connectivity index (χ3n) is 4.59. The fourth-order valence-electron chi connectivity index (χ4n) is 3.17. The van der Waals surface area contributed by atoms with Gasteiger partial charge in [0.2, 0.25) is 5.91 Å². The zero-order chi connectivity index (χ0) is 17.9. The maximum Gasteiger partial charge on any atom is 0.224 e. The highest BCUT2D eigenvalue weighted by Crippen LogP contribution is 2.33. The maximum atomic E-state index is 12.4. The first-order chi connectivity index (χ1) is 12.0. The number of aliphatic hydroxyl groups is 1. The molecule has 1 aliphatic heterocycles. The molecular weight excluding hydrogens is 314 g/mol. The summed E-state index contributed by atoms with van der Waals surface area (Å²) in [7, 11) is 0. The van der Waals surface area contributed by atoms with E-state index in [2.05, 4.69) is 25.2 Å². The van der Waals surface area contributed by atoms with Crippen molar-refractivity contribution in [1.29, 1.82) is 0 Å². The van der Waals surface area contributed by atoms with Gasteiger partial charge in [-0.2, -0.15) is 0 Å². The van der Waals surface area contributed by atoms with E-state index in [1.807, 2.05) is 42.5 Å². The van der Waals surface area contributed by atoms with E-state index < -0.39 is 0 Å². The van der Waals surface area contributed by atoms with E-state index in [4.69, 9.17) is 4.74 Å². The van der Waals surface area contributed by atoms with Gasteiger partial charge in [-0.25, -0.2) is 0 Å². The lowest BCUT2D eigenvalue weighted by Gasteiger charge is -2.32. The summed E-state index contributed by atoms with van der Waals surface area (Å²) in [5, 5.41) is 12.5. The average molecular weight is 339 g/mol. The Kier molecular flexibility index (Phi) is 5.09. The number of rotatable bonds is 5. The zero-order valence-corrected chi connectivity index (χ0v) is 14.8. The number of nitrogens with one attached hydrogen (secondary N) is 1. The molecule has 0 aromatic heterocycles. The van der Waals surface area contributed by atoms with Crippen molar-refractivity contribution in [3.05, 3.63) is 65.2 Å². The van der Waals surface area contributed by atoms with Gasteiger partial charge in [0, 0.05) is 0 Å². The van der Waals surface area contributed by atoms with Crippen molar-refractivity contribution in [2.45, 2.75) is 44.8 Å². The molecule has 0 bridgehead atoms. The van der Waals surface area contributed by atoms with Gasteiger partial charge in [-0.3, -0.25) is 4.79 Å². The molecule has 0 radical (unpaired) electrons. The largest absolute Gasteiger partial charge is 0.488 e. The number of benzene rings is 2. The summed E-state index contributed by atoms with van der Waals surface area (Å²) in [4.78, 5) is 12.4. The number of carbonyl (C=O) groups is 1. The lowest BCUT2D eigenvalue weighted by molar-refractivity contribution is -0.121. The molecule has 1 atom stereocenters. The van der Waals surface area contributed by atoms with Gasteiger partial charge in [-0.1, -0.05) is 42.5 Å². The molecule has 1 heterocycles. The lowest BCUT2D eigenvalue weighted by atomic mass is 9.93. The molecule has 132 valence electrons. The number of amides is 1. The smallest absolute Gasteiger partial charge is 0.224 e. The second-order valence-corrected chi connectivity index (χ2v) is 7.19. The van der Waals surface area contributed by atoms with E-state index in [0.29, 0.717) is 6.42 Å². The minimum absolute atomic E-state index is 0.0973. The third kappa shape index (κ3) is 4.40. The first-order valence-electron chi connectivity index (χ1n) is 8.73. The van der Waals surface area contributed by atoms with E-state index in [0.717, 1.165) is 35.3 Å². The third-order valence-corrected chi connectivity index (χ3v) is 4.59. The quantitative estimate of drug-likeness (QED) is 0.879. The zero-order valence-electron chi connectivity index (χ0n) is 14.8. The topological polar surface area (TPSA) is 58.6 Å². The number of carbonyl (C=O) groups excluding carboxylic acids is 1. The van der Waals surface area contributed by atoms with E-state index in [9.17, 15) is 9.90 Å². The van der Waals surface area contributed by atoms with Gasteiger partial charge in [0.1, 0.15) is 11.4 Å². The molecule has 2 N–H and O–H groups in total. The Hall–Kier alpha value is -2.33. The van der Waals surface area contributed by atoms with Gasteiger partial charge in [-0.05, 0) is 49.4 Å². The van der Waals surface area contributed by atoms with Crippen LogP contribution in [-0.2, 0) is 17.6 Å². The number of hydrogen-bond donors (Lipinski definition) is 2. The van der Waals surface area contributed by atoms with Crippen molar-refractivity contribution < 1.29 is 14.6 Å². The van der Waals surface area contributed by atoms with Gasteiger partial charge in [0.25, 0.3) is 0 Å². The molecule has 0 spiro atoms. The summed E-state index contributed by atoms with van der Waals surface area (Å²) in [5.74, 6) is 0.817. The highest BCUT2D eigenvalue weighted by atomic mass is 16.5. The summed E-state index contributed by atoms with van der Waals surface area (Å²) in [6.45, 7) is 4.06. The molecule has 0 fully saturated rings. The average Bonchev–Trinajstić information content (AvgIpc) is 2.60. The van der Waals surface area contributed by atoms with Crippen LogP contribution in [0.3, 0.4) is 0 Å². The standard InChI is InChI=1S/C21H25NO3/c1-21(2)11-10-17-12-15(8-9-19(17)25-21)13-20(24)22-18(14-23)16-6-4-3-5-7-16/h3-9,12,18,23H,10-11,13-14H2,1-2H3,(H,22,24)/t18-/m1/s1. The Labute approximate surface area is 148 Å². The molecule has 0 saturated heterocycles. The summed E-state index contributed by atoms with van der Waals surface area (Å²) >= 11 is 0. The fraction of sp³-hybridized carbons (Fsp3) is 0.381. The molecule has 2 aromatic carbocycles. The second kappa shape index (κ2) is 7.28. The van der Waals surface area contributed by atoms with Gasteiger partial charge < -0.3 is 15.2 Å². The second-order valence-electron chi connectivity index (χ2n) is 7.19. The number of hydrogen-bond acceptors (Lipinski definition) is 3. The lowest BCUT2D eigenvalue weighted by Crippen LogP contribution is -2.33. The molecule has 4 heteroatoms. The first-order valence-corrected chi connectivity index (χ1v) is 8.73. The summed E-state index contributed by atoms with van der Waals surface area (Å²) in [5.41, 5.74) is 2.89. The van der Waals surface area contributed by atoms with Crippen molar-refractivity contribution in [3.63, 3.8) is 0 Å². The Morgan fingerprint density at radius 2 is 2.00 bits per heavy atom. The van der Waals surface area contributed by atoms with E-state index >= 15 is 0 Å². The van der Waals surface area contributed by atoms with Crippen LogP contribution in [0.2, 0.25) is 0 Å². The van der Waals surface area contributed by atoms with Crippen molar-refractivity contribution in [2.24, 2.45) is 0 Å². The number of aryl methyl sites for hydroxylation is 1. The van der Waals surface area contributed by atoms with Crippen LogP contribution in [0.15, 0.2) is 48.5 Å². The molecule has 25 heavy (non-hydrogen) atoms. The predicted octanol–water partition coefficient (Wildman–Crippen LogP) is 3.18. The first kappa shape index (κ1) is 17.5. The van der Waals surface area contributed by atoms with Crippen LogP contribution in [0.25, 0.3) is 0 Å². The fourth-order valence-corrected chi connectivity index (χ4v) is 3.17. The molecule has 0 saturated carbocycles. The summed E-state index contributed by atoms with van der Waals surface area (Å²) < 4.78 is 5.99. The normalized spacial score (nSPS) is 16.4. The molecular formula is C21H25NO3. The molecule has 1 aliphatic rings. The van der Waals surface area contributed by atoms with Crippen LogP contribution in [0.4, 0.5) is 0 Å². The number of fused-ring (bicyclic) bond motifs is 1. The summed E-state index contributed by atoms with van der Waals surface area (Å²) in [6.07, 6.45) is 2.22. The van der Waals surface area contributed by atoms with Crippen molar-refractivity contribution in [2.75, 3.05) is 6.61 Å². The monoisotopic (exact) mass is 339 g/mol. The molecule has 0 aliphatic carbocycles. The van der Waals surface area contributed by atoms with Crippen LogP contribution in [0.5, 0.6) is 5.75 Å². The van der Waals surface area contributed by atoms with Crippen LogP contribution in [0.1, 0.15) is 43.0 Å². The molecule has 2 aromatic rings. The minimum atomic E-state index is -0.379. The molecule has 3 rings (SSSR count). The SMILES string of the molecule is CC1(C)CCc2cc(CC(=O)N[C@H](CO)c3ccccc3)ccc2O1. The van der Waals surface area contributed by atoms with E-state index in [1.54, 1.807) is 0 Å². The highest BCUT2D eigenvalue weighted by Gasteiger charge is 2.26. The molecule has 0 unspecified atom stereocenters.